The molecule has 36 heavy (non-hydrogen) atoms. The van der Waals surface area contributed by atoms with E-state index in [1.807, 2.05) is 36.7 Å². The largest absolute Gasteiger partial charge is 0.504 e. The number of halogens is 2. The maximum Gasteiger partial charge on any atom is 0.170 e. The Bertz CT molecular complexity index is 1360. The highest BCUT2D eigenvalue weighted by Gasteiger charge is 2.16. The topological polar surface area (TPSA) is 73.3 Å². The van der Waals surface area contributed by atoms with Crippen LogP contribution in [0.15, 0.2) is 54.9 Å². The van der Waals surface area contributed by atoms with Crippen LogP contribution in [-0.4, -0.2) is 41.3 Å². The van der Waals surface area contributed by atoms with Crippen LogP contribution in [-0.2, 0) is 6.42 Å². The zero-order valence-electron chi connectivity index (χ0n) is 20.4. The molecule has 5 rings (SSSR count). The molecule has 1 fully saturated rings. The highest BCUT2D eigenvalue weighted by Crippen LogP contribution is 2.36. The highest BCUT2D eigenvalue weighted by atomic mass is 35.5. The lowest BCUT2D eigenvalue weighted by Crippen LogP contribution is -2.43. The molecule has 2 aromatic heterocycles. The second kappa shape index (κ2) is 10.3. The van der Waals surface area contributed by atoms with E-state index in [0.717, 1.165) is 71.8 Å². The molecule has 4 aromatic rings. The number of hydrogen-bond acceptors (Lipinski definition) is 6. The van der Waals surface area contributed by atoms with Crippen LogP contribution in [0, 0.1) is 11.7 Å². The number of phenols is 1. The third kappa shape index (κ3) is 5.08. The van der Waals surface area contributed by atoms with Crippen molar-refractivity contribution in [3.05, 3.63) is 71.3 Å². The van der Waals surface area contributed by atoms with Crippen molar-refractivity contribution in [1.82, 2.24) is 15.3 Å². The first-order valence-electron chi connectivity index (χ1n) is 12.2. The smallest absolute Gasteiger partial charge is 0.170 e. The van der Waals surface area contributed by atoms with Gasteiger partial charge in [0.1, 0.15) is 5.82 Å². The number of phenolic OH excluding ortho intramolecular Hbond substituents is 1. The van der Waals surface area contributed by atoms with E-state index in [9.17, 15) is 9.50 Å². The summed E-state index contributed by atoms with van der Waals surface area (Å²) in [5, 5.41) is 17.6. The Morgan fingerprint density at radius 3 is 2.56 bits per heavy atom. The Labute approximate surface area is 215 Å². The van der Waals surface area contributed by atoms with Gasteiger partial charge in [0.15, 0.2) is 11.6 Å². The standard InChI is InChI=1S/C28H29ClFN5O/c1-17(2)11-20-15-32-25-5-3-18(19-13-23(29)28(36)24(30)14-19)12-22(25)27(20)34-21-4-6-26(33-16-21)35-9-7-31-8-10-35/h3-6,12-17,31,36H,7-11H2,1-2H3,(H,32,34). The van der Waals surface area contributed by atoms with Crippen LogP contribution < -0.4 is 15.5 Å². The Kier molecular flexibility index (Phi) is 6.94. The first kappa shape index (κ1) is 24.3. The number of hydrogen-bond donors (Lipinski definition) is 3. The minimum atomic E-state index is -0.752. The van der Waals surface area contributed by atoms with Crippen molar-refractivity contribution < 1.29 is 9.50 Å². The lowest BCUT2D eigenvalue weighted by atomic mass is 9.97. The zero-order valence-corrected chi connectivity index (χ0v) is 21.1. The van der Waals surface area contributed by atoms with E-state index in [4.69, 9.17) is 16.6 Å². The molecule has 3 heterocycles. The molecular formula is C28H29ClFN5O. The van der Waals surface area contributed by atoms with Gasteiger partial charge in [-0.1, -0.05) is 31.5 Å². The molecular weight excluding hydrogens is 477 g/mol. The average Bonchev–Trinajstić information content (AvgIpc) is 2.88. The number of aromatic nitrogens is 2. The van der Waals surface area contributed by atoms with Crippen LogP contribution in [0.2, 0.25) is 5.02 Å². The highest BCUT2D eigenvalue weighted by molar-refractivity contribution is 6.32. The number of piperazine rings is 1. The minimum Gasteiger partial charge on any atom is -0.504 e. The summed E-state index contributed by atoms with van der Waals surface area (Å²) in [6.07, 6.45) is 4.63. The number of rotatable bonds is 6. The monoisotopic (exact) mass is 505 g/mol. The normalized spacial score (nSPS) is 14.0. The summed E-state index contributed by atoms with van der Waals surface area (Å²) in [6, 6.07) is 12.7. The van der Waals surface area contributed by atoms with Crippen molar-refractivity contribution >= 4 is 39.7 Å². The first-order valence-corrected chi connectivity index (χ1v) is 12.6. The number of anilines is 3. The quantitative estimate of drug-likeness (QED) is 0.292. The van der Waals surface area contributed by atoms with Crippen LogP contribution in [0.1, 0.15) is 19.4 Å². The lowest BCUT2D eigenvalue weighted by molar-refractivity contribution is 0.433. The van der Waals surface area contributed by atoms with Gasteiger partial charge in [-0.15, -0.1) is 0 Å². The van der Waals surface area contributed by atoms with Crippen molar-refractivity contribution in [2.24, 2.45) is 5.92 Å². The molecule has 8 heteroatoms. The van der Waals surface area contributed by atoms with Crippen LogP contribution in [0.5, 0.6) is 5.75 Å². The number of benzene rings is 2. The molecule has 1 aliphatic heterocycles. The predicted molar refractivity (Wildman–Crippen MR) is 145 cm³/mol. The molecule has 0 saturated carbocycles. The molecule has 0 unspecified atom stereocenters. The van der Waals surface area contributed by atoms with Crippen LogP contribution >= 0.6 is 11.6 Å². The van der Waals surface area contributed by atoms with Crippen molar-refractivity contribution in [1.29, 1.82) is 0 Å². The fourth-order valence-corrected chi connectivity index (χ4v) is 4.78. The molecule has 0 atom stereocenters. The summed E-state index contributed by atoms with van der Waals surface area (Å²) in [6.45, 7) is 8.16. The van der Waals surface area contributed by atoms with E-state index in [0.29, 0.717) is 11.5 Å². The number of pyridine rings is 2. The van der Waals surface area contributed by atoms with Crippen molar-refractivity contribution in [2.75, 3.05) is 36.4 Å². The molecule has 0 radical (unpaired) electrons. The molecule has 0 amide bonds. The van der Waals surface area contributed by atoms with Crippen LogP contribution in [0.3, 0.4) is 0 Å². The van der Waals surface area contributed by atoms with Gasteiger partial charge < -0.3 is 20.6 Å². The Balaban J connectivity index is 1.55. The van der Waals surface area contributed by atoms with E-state index < -0.39 is 11.6 Å². The van der Waals surface area contributed by atoms with E-state index in [-0.39, 0.29) is 5.02 Å². The van der Waals surface area contributed by atoms with Gasteiger partial charge in [-0.2, -0.15) is 0 Å². The first-order chi connectivity index (χ1) is 17.4. The van der Waals surface area contributed by atoms with E-state index in [1.54, 1.807) is 6.07 Å². The van der Waals surface area contributed by atoms with Gasteiger partial charge in [0.25, 0.3) is 0 Å². The zero-order chi connectivity index (χ0) is 25.2. The van der Waals surface area contributed by atoms with Crippen molar-refractivity contribution in [3.8, 4) is 16.9 Å². The second-order valence-corrected chi connectivity index (χ2v) is 9.95. The molecule has 2 aromatic carbocycles. The molecule has 0 aliphatic carbocycles. The molecule has 3 N–H and O–H groups in total. The molecule has 1 saturated heterocycles. The Morgan fingerprint density at radius 2 is 1.86 bits per heavy atom. The molecule has 0 spiro atoms. The van der Waals surface area contributed by atoms with Crippen LogP contribution in [0.25, 0.3) is 22.0 Å². The number of nitrogens with zero attached hydrogens (tertiary/aromatic N) is 3. The summed E-state index contributed by atoms with van der Waals surface area (Å²) in [4.78, 5) is 11.7. The van der Waals surface area contributed by atoms with Gasteiger partial charge in [0.05, 0.1) is 28.1 Å². The summed E-state index contributed by atoms with van der Waals surface area (Å²) >= 11 is 6.05. The van der Waals surface area contributed by atoms with Gasteiger partial charge >= 0.3 is 0 Å². The third-order valence-corrected chi connectivity index (χ3v) is 6.67. The summed E-state index contributed by atoms with van der Waals surface area (Å²) in [7, 11) is 0. The fourth-order valence-electron chi connectivity index (χ4n) is 4.57. The molecule has 6 nitrogen and oxygen atoms in total. The maximum atomic E-state index is 14.2. The Hall–Kier alpha value is -3.42. The summed E-state index contributed by atoms with van der Waals surface area (Å²) in [5.41, 5.74) is 5.12. The van der Waals surface area contributed by atoms with Gasteiger partial charge in [-0.25, -0.2) is 9.37 Å². The minimum absolute atomic E-state index is 0.0224. The van der Waals surface area contributed by atoms with Gasteiger partial charge in [-0.05, 0) is 65.4 Å². The van der Waals surface area contributed by atoms with Gasteiger partial charge in [0, 0.05) is 37.8 Å². The number of aromatic hydroxyl groups is 1. The average molecular weight is 506 g/mol. The lowest BCUT2D eigenvalue weighted by Gasteiger charge is -2.28. The van der Waals surface area contributed by atoms with E-state index in [1.165, 1.54) is 6.07 Å². The second-order valence-electron chi connectivity index (χ2n) is 9.54. The van der Waals surface area contributed by atoms with Crippen molar-refractivity contribution in [2.45, 2.75) is 20.3 Å². The Morgan fingerprint density at radius 1 is 1.06 bits per heavy atom. The van der Waals surface area contributed by atoms with Gasteiger partial charge in [-0.3, -0.25) is 4.98 Å². The third-order valence-electron chi connectivity index (χ3n) is 6.38. The van der Waals surface area contributed by atoms with E-state index >= 15 is 0 Å². The predicted octanol–water partition coefficient (Wildman–Crippen LogP) is 6.15. The fraction of sp³-hybridized carbons (Fsp3) is 0.286. The molecule has 186 valence electrons. The van der Waals surface area contributed by atoms with Crippen LogP contribution in [0.4, 0.5) is 21.6 Å². The SMILES string of the molecule is CC(C)Cc1cnc2ccc(-c3cc(F)c(O)c(Cl)c3)cc2c1Nc1ccc(N2CCNCC2)nc1. The summed E-state index contributed by atoms with van der Waals surface area (Å²) < 4.78 is 14.2. The molecule has 0 bridgehead atoms. The van der Waals surface area contributed by atoms with E-state index in [2.05, 4.69) is 40.4 Å². The maximum absolute atomic E-state index is 14.2. The van der Waals surface area contributed by atoms with Crippen molar-refractivity contribution in [3.63, 3.8) is 0 Å². The summed E-state index contributed by atoms with van der Waals surface area (Å²) in [5.74, 6) is 0.114. The number of fused-ring (bicyclic) bond motifs is 1. The number of nitrogens with one attached hydrogen (secondary N) is 2. The van der Waals surface area contributed by atoms with Gasteiger partial charge in [0.2, 0.25) is 0 Å². The molecule has 1 aliphatic rings.